The summed E-state index contributed by atoms with van der Waals surface area (Å²) in [4.78, 5) is 0.222. The maximum Gasteiger partial charge on any atom is 0.240 e. The van der Waals surface area contributed by atoms with E-state index in [2.05, 4.69) is 10.0 Å². The van der Waals surface area contributed by atoms with E-state index in [0.29, 0.717) is 6.54 Å². The van der Waals surface area contributed by atoms with Crippen LogP contribution in [0.1, 0.15) is 13.8 Å². The van der Waals surface area contributed by atoms with Gasteiger partial charge in [-0.1, -0.05) is 13.8 Å². The molecule has 1 aromatic rings. The fourth-order valence-electron chi connectivity index (χ4n) is 1.33. The van der Waals surface area contributed by atoms with Crippen LogP contribution in [0.25, 0.3) is 0 Å². The lowest BCUT2D eigenvalue weighted by atomic mass is 10.1. The van der Waals surface area contributed by atoms with Crippen molar-refractivity contribution in [1.29, 1.82) is 0 Å². The summed E-state index contributed by atoms with van der Waals surface area (Å²) in [7, 11) is -2.01. The average molecular weight is 272 g/mol. The van der Waals surface area contributed by atoms with E-state index in [1.54, 1.807) is 12.1 Å². The molecular formula is C12H20N2O3S. The molecule has 0 aliphatic heterocycles. The molecule has 5 nitrogen and oxygen atoms in total. The van der Waals surface area contributed by atoms with Gasteiger partial charge in [-0.2, -0.15) is 0 Å². The van der Waals surface area contributed by atoms with E-state index in [4.69, 9.17) is 0 Å². The Morgan fingerprint density at radius 3 is 2.22 bits per heavy atom. The third-order valence-electron chi connectivity index (χ3n) is 2.72. The second-order valence-electron chi connectivity index (χ2n) is 4.42. The van der Waals surface area contributed by atoms with E-state index < -0.39 is 16.1 Å². The van der Waals surface area contributed by atoms with Gasteiger partial charge in [0.05, 0.1) is 11.0 Å². The molecule has 0 saturated heterocycles. The number of rotatable bonds is 6. The standard InChI is InChI=1S/C12H20N2O3S/c1-9(2)12(15)8-14-10-4-6-11(7-5-10)18(16,17)13-3/h4-7,9,12-15H,8H2,1-3H3. The summed E-state index contributed by atoms with van der Waals surface area (Å²) in [6.07, 6.45) is -0.425. The molecule has 0 radical (unpaired) electrons. The zero-order valence-corrected chi connectivity index (χ0v) is 11.7. The Labute approximate surface area is 108 Å². The van der Waals surface area contributed by atoms with Crippen LogP contribution in [0.5, 0.6) is 0 Å². The summed E-state index contributed by atoms with van der Waals surface area (Å²) >= 11 is 0. The minimum atomic E-state index is -3.39. The number of hydrogen-bond donors (Lipinski definition) is 3. The first-order valence-electron chi connectivity index (χ1n) is 5.82. The normalized spacial score (nSPS) is 13.6. The average Bonchev–Trinajstić information content (AvgIpc) is 2.36. The topological polar surface area (TPSA) is 78.4 Å². The molecule has 18 heavy (non-hydrogen) atoms. The van der Waals surface area contributed by atoms with Crippen molar-refractivity contribution in [2.24, 2.45) is 5.92 Å². The van der Waals surface area contributed by atoms with Crippen LogP contribution in [0.3, 0.4) is 0 Å². The van der Waals surface area contributed by atoms with Crippen molar-refractivity contribution in [3.05, 3.63) is 24.3 Å². The highest BCUT2D eigenvalue weighted by atomic mass is 32.2. The Morgan fingerprint density at radius 2 is 1.78 bits per heavy atom. The number of aliphatic hydroxyl groups is 1. The van der Waals surface area contributed by atoms with E-state index in [9.17, 15) is 13.5 Å². The van der Waals surface area contributed by atoms with Crippen molar-refractivity contribution in [2.45, 2.75) is 24.8 Å². The molecule has 3 N–H and O–H groups in total. The molecule has 0 spiro atoms. The van der Waals surface area contributed by atoms with Gasteiger partial charge in [0.15, 0.2) is 0 Å². The fourth-order valence-corrected chi connectivity index (χ4v) is 2.06. The van der Waals surface area contributed by atoms with E-state index in [-0.39, 0.29) is 10.8 Å². The van der Waals surface area contributed by atoms with Crippen LogP contribution in [-0.2, 0) is 10.0 Å². The Balaban J connectivity index is 2.67. The number of hydrogen-bond acceptors (Lipinski definition) is 4. The van der Waals surface area contributed by atoms with Crippen LogP contribution in [0.15, 0.2) is 29.2 Å². The molecule has 1 aromatic carbocycles. The molecule has 6 heteroatoms. The van der Waals surface area contributed by atoms with Crippen LogP contribution in [-0.4, -0.2) is 33.2 Å². The first-order chi connectivity index (χ1) is 8.36. The van der Waals surface area contributed by atoms with Gasteiger partial charge in [-0.05, 0) is 37.2 Å². The zero-order valence-electron chi connectivity index (χ0n) is 10.8. The zero-order chi connectivity index (χ0) is 13.8. The van der Waals surface area contributed by atoms with Crippen LogP contribution >= 0.6 is 0 Å². The molecular weight excluding hydrogens is 252 g/mol. The Morgan fingerprint density at radius 1 is 1.22 bits per heavy atom. The smallest absolute Gasteiger partial charge is 0.240 e. The van der Waals surface area contributed by atoms with Crippen LogP contribution in [0.4, 0.5) is 5.69 Å². The van der Waals surface area contributed by atoms with Crippen molar-refractivity contribution in [2.75, 3.05) is 18.9 Å². The Hall–Kier alpha value is -1.11. The third kappa shape index (κ3) is 3.97. The summed E-state index contributed by atoms with van der Waals surface area (Å²) in [6.45, 7) is 4.32. The lowest BCUT2D eigenvalue weighted by molar-refractivity contribution is 0.138. The molecule has 102 valence electrons. The van der Waals surface area contributed by atoms with Crippen LogP contribution in [0, 0.1) is 5.92 Å². The van der Waals surface area contributed by atoms with E-state index in [1.165, 1.54) is 19.2 Å². The monoisotopic (exact) mass is 272 g/mol. The minimum Gasteiger partial charge on any atom is -0.391 e. The van der Waals surface area contributed by atoms with Crippen molar-refractivity contribution < 1.29 is 13.5 Å². The molecule has 0 aromatic heterocycles. The summed E-state index contributed by atoms with van der Waals surface area (Å²) < 4.78 is 25.2. The Bertz CT molecular complexity index is 469. The summed E-state index contributed by atoms with van der Waals surface area (Å²) in [5.74, 6) is 0.182. The minimum absolute atomic E-state index is 0.182. The van der Waals surface area contributed by atoms with Gasteiger partial charge in [0, 0.05) is 12.2 Å². The maximum atomic E-state index is 11.5. The van der Waals surface area contributed by atoms with E-state index in [0.717, 1.165) is 5.69 Å². The molecule has 1 atom stereocenters. The molecule has 0 saturated carbocycles. The lowest BCUT2D eigenvalue weighted by Gasteiger charge is -2.16. The highest BCUT2D eigenvalue weighted by Gasteiger charge is 2.11. The van der Waals surface area contributed by atoms with Gasteiger partial charge < -0.3 is 10.4 Å². The number of benzene rings is 1. The second kappa shape index (κ2) is 6.17. The first-order valence-corrected chi connectivity index (χ1v) is 7.30. The predicted octanol–water partition coefficient (Wildman–Crippen LogP) is 1.02. The molecule has 0 aliphatic carbocycles. The fraction of sp³-hybridized carbons (Fsp3) is 0.500. The van der Waals surface area contributed by atoms with Crippen molar-refractivity contribution >= 4 is 15.7 Å². The second-order valence-corrected chi connectivity index (χ2v) is 6.31. The molecule has 1 rings (SSSR count). The molecule has 0 heterocycles. The number of anilines is 1. The van der Waals surface area contributed by atoms with Crippen LogP contribution < -0.4 is 10.0 Å². The van der Waals surface area contributed by atoms with Gasteiger partial charge in [-0.3, -0.25) is 0 Å². The third-order valence-corrected chi connectivity index (χ3v) is 4.15. The van der Waals surface area contributed by atoms with Gasteiger partial charge in [0.2, 0.25) is 10.0 Å². The van der Waals surface area contributed by atoms with E-state index >= 15 is 0 Å². The molecule has 0 aliphatic rings. The summed E-state index contributed by atoms with van der Waals surface area (Å²) in [6, 6.07) is 6.40. The quantitative estimate of drug-likeness (QED) is 0.722. The number of sulfonamides is 1. The predicted molar refractivity (Wildman–Crippen MR) is 72.0 cm³/mol. The molecule has 1 unspecified atom stereocenters. The number of aliphatic hydroxyl groups excluding tert-OH is 1. The molecule has 0 bridgehead atoms. The van der Waals surface area contributed by atoms with Crippen molar-refractivity contribution in [3.63, 3.8) is 0 Å². The maximum absolute atomic E-state index is 11.5. The SMILES string of the molecule is CNS(=O)(=O)c1ccc(NCC(O)C(C)C)cc1. The largest absolute Gasteiger partial charge is 0.391 e. The highest BCUT2D eigenvalue weighted by molar-refractivity contribution is 7.89. The molecule has 0 amide bonds. The van der Waals surface area contributed by atoms with Crippen LogP contribution in [0.2, 0.25) is 0 Å². The highest BCUT2D eigenvalue weighted by Crippen LogP contribution is 2.14. The van der Waals surface area contributed by atoms with Crippen molar-refractivity contribution in [3.8, 4) is 0 Å². The van der Waals surface area contributed by atoms with Gasteiger partial charge >= 0.3 is 0 Å². The Kier molecular flexibility index (Phi) is 5.13. The van der Waals surface area contributed by atoms with Gasteiger partial charge in [0.25, 0.3) is 0 Å². The van der Waals surface area contributed by atoms with Gasteiger partial charge in [-0.15, -0.1) is 0 Å². The van der Waals surface area contributed by atoms with Gasteiger partial charge in [-0.25, -0.2) is 13.1 Å². The van der Waals surface area contributed by atoms with Gasteiger partial charge in [0.1, 0.15) is 0 Å². The number of nitrogens with one attached hydrogen (secondary N) is 2. The summed E-state index contributed by atoms with van der Waals surface area (Å²) in [5.41, 5.74) is 0.782. The van der Waals surface area contributed by atoms with E-state index in [1.807, 2.05) is 13.8 Å². The molecule has 0 fully saturated rings. The first kappa shape index (κ1) is 14.9. The lowest BCUT2D eigenvalue weighted by Crippen LogP contribution is -2.24. The van der Waals surface area contributed by atoms with Crippen molar-refractivity contribution in [1.82, 2.24) is 4.72 Å². The summed E-state index contributed by atoms with van der Waals surface area (Å²) in [5, 5.41) is 12.7.